The van der Waals surface area contributed by atoms with E-state index in [-0.39, 0.29) is 18.8 Å². The van der Waals surface area contributed by atoms with Gasteiger partial charge in [0.05, 0.1) is 24.4 Å². The number of rotatable bonds is 4. The summed E-state index contributed by atoms with van der Waals surface area (Å²) in [4.78, 5) is 0. The van der Waals surface area contributed by atoms with Crippen molar-refractivity contribution in [2.24, 2.45) is 0 Å². The monoisotopic (exact) mass is 292 g/mol. The summed E-state index contributed by atoms with van der Waals surface area (Å²) in [5.74, 6) is 0. The summed E-state index contributed by atoms with van der Waals surface area (Å²) in [6.45, 7) is 4.33. The molecule has 6 nitrogen and oxygen atoms in total. The van der Waals surface area contributed by atoms with Crippen LogP contribution in [0.25, 0.3) is 0 Å². The summed E-state index contributed by atoms with van der Waals surface area (Å²) in [6.07, 6.45) is 3.12. The van der Waals surface area contributed by atoms with E-state index in [0.29, 0.717) is 25.9 Å². The van der Waals surface area contributed by atoms with Crippen LogP contribution in [0, 0.1) is 0 Å². The fourth-order valence-corrected chi connectivity index (χ4v) is 4.77. The minimum atomic E-state index is -3.56. The van der Waals surface area contributed by atoms with Crippen LogP contribution >= 0.6 is 0 Å². The first kappa shape index (κ1) is 15.2. The second kappa shape index (κ2) is 5.65. The Balaban J connectivity index is 2.09. The molecule has 2 aliphatic rings. The van der Waals surface area contributed by atoms with Gasteiger partial charge < -0.3 is 9.84 Å². The van der Waals surface area contributed by atoms with Crippen molar-refractivity contribution >= 4 is 10.2 Å². The van der Waals surface area contributed by atoms with Gasteiger partial charge in [-0.1, -0.05) is 12.8 Å². The topological polar surface area (TPSA) is 78.9 Å². The van der Waals surface area contributed by atoms with Crippen molar-refractivity contribution in [3.8, 4) is 0 Å². The maximum atomic E-state index is 12.4. The first-order valence-corrected chi connectivity index (χ1v) is 8.36. The molecule has 0 aromatic heterocycles. The van der Waals surface area contributed by atoms with Crippen molar-refractivity contribution in [3.05, 3.63) is 0 Å². The van der Waals surface area contributed by atoms with Gasteiger partial charge in [0.1, 0.15) is 0 Å². The van der Waals surface area contributed by atoms with Crippen LogP contribution < -0.4 is 4.72 Å². The Labute approximate surface area is 115 Å². The van der Waals surface area contributed by atoms with E-state index in [4.69, 9.17) is 4.74 Å². The second-order valence-corrected chi connectivity index (χ2v) is 7.50. The third-order valence-corrected chi connectivity index (χ3v) is 5.60. The van der Waals surface area contributed by atoms with Crippen LogP contribution in [0.15, 0.2) is 0 Å². The van der Waals surface area contributed by atoms with E-state index in [0.717, 1.165) is 12.8 Å². The van der Waals surface area contributed by atoms with Gasteiger partial charge in [-0.2, -0.15) is 17.4 Å². The Kier molecular flexibility index (Phi) is 4.52. The van der Waals surface area contributed by atoms with Crippen LogP contribution in [0.1, 0.15) is 39.5 Å². The molecule has 7 heteroatoms. The van der Waals surface area contributed by atoms with Crippen molar-refractivity contribution in [2.75, 3.05) is 19.7 Å². The molecule has 1 aliphatic heterocycles. The lowest BCUT2D eigenvalue weighted by Gasteiger charge is -2.37. The number of aliphatic hydroxyl groups excluding tert-OH is 1. The molecule has 2 atom stereocenters. The molecule has 0 radical (unpaired) electrons. The van der Waals surface area contributed by atoms with Gasteiger partial charge in [0.15, 0.2) is 0 Å². The SMILES string of the molecule is CC1CN(S(=O)(=O)NC2(CO)CCCC2)CC(C)O1. The molecule has 1 heterocycles. The molecule has 2 N–H and O–H groups in total. The zero-order valence-electron chi connectivity index (χ0n) is 11.6. The average Bonchev–Trinajstić information content (AvgIpc) is 2.76. The lowest BCUT2D eigenvalue weighted by molar-refractivity contribution is -0.0447. The molecule has 0 amide bonds. The summed E-state index contributed by atoms with van der Waals surface area (Å²) in [5, 5.41) is 9.51. The Morgan fingerprint density at radius 3 is 2.26 bits per heavy atom. The minimum absolute atomic E-state index is 0.103. The first-order valence-electron chi connectivity index (χ1n) is 6.92. The van der Waals surface area contributed by atoms with E-state index >= 15 is 0 Å². The number of nitrogens with one attached hydrogen (secondary N) is 1. The van der Waals surface area contributed by atoms with Crippen LogP contribution in [0.3, 0.4) is 0 Å². The highest BCUT2D eigenvalue weighted by molar-refractivity contribution is 7.87. The van der Waals surface area contributed by atoms with Crippen molar-refractivity contribution in [3.63, 3.8) is 0 Å². The van der Waals surface area contributed by atoms with Gasteiger partial charge in [0.25, 0.3) is 10.2 Å². The smallest absolute Gasteiger partial charge is 0.280 e. The molecule has 0 bridgehead atoms. The fourth-order valence-electron chi connectivity index (χ4n) is 3.01. The van der Waals surface area contributed by atoms with Crippen LogP contribution in [0.2, 0.25) is 0 Å². The lowest BCUT2D eigenvalue weighted by atomic mass is 10.0. The van der Waals surface area contributed by atoms with Crippen molar-refractivity contribution in [1.29, 1.82) is 0 Å². The Morgan fingerprint density at radius 1 is 1.26 bits per heavy atom. The van der Waals surface area contributed by atoms with Crippen molar-refractivity contribution in [1.82, 2.24) is 9.03 Å². The normalized spacial score (nSPS) is 32.6. The molecule has 0 spiro atoms. The van der Waals surface area contributed by atoms with Gasteiger partial charge in [-0.3, -0.25) is 0 Å². The predicted octanol–water partition coefficient (Wildman–Crippen LogP) is 0.235. The number of morpholine rings is 1. The number of nitrogens with zero attached hydrogens (tertiary/aromatic N) is 1. The molecule has 2 rings (SSSR count). The second-order valence-electron chi connectivity index (χ2n) is 5.83. The number of ether oxygens (including phenoxy) is 1. The van der Waals surface area contributed by atoms with Crippen LogP contribution in [0.5, 0.6) is 0 Å². The molecular formula is C12H24N2O4S. The number of hydrogen-bond donors (Lipinski definition) is 2. The Hall–Kier alpha value is -0.210. The Morgan fingerprint density at radius 2 is 1.79 bits per heavy atom. The third-order valence-electron chi connectivity index (χ3n) is 3.93. The van der Waals surface area contributed by atoms with Crippen LogP contribution in [-0.2, 0) is 14.9 Å². The summed E-state index contributed by atoms with van der Waals surface area (Å²) >= 11 is 0. The minimum Gasteiger partial charge on any atom is -0.394 e. The van der Waals surface area contributed by atoms with Gasteiger partial charge in [0, 0.05) is 13.1 Å². The molecule has 1 aliphatic carbocycles. The largest absolute Gasteiger partial charge is 0.394 e. The van der Waals surface area contributed by atoms with E-state index < -0.39 is 15.7 Å². The highest BCUT2D eigenvalue weighted by Crippen LogP contribution is 2.30. The van der Waals surface area contributed by atoms with Crippen molar-refractivity contribution in [2.45, 2.75) is 57.3 Å². The van der Waals surface area contributed by atoms with E-state index in [1.807, 2.05) is 13.8 Å². The highest BCUT2D eigenvalue weighted by Gasteiger charge is 2.40. The van der Waals surface area contributed by atoms with Crippen LogP contribution in [-0.4, -0.2) is 55.3 Å². The first-order chi connectivity index (χ1) is 8.87. The molecule has 2 fully saturated rings. The van der Waals surface area contributed by atoms with E-state index in [1.165, 1.54) is 4.31 Å². The van der Waals surface area contributed by atoms with Gasteiger partial charge in [-0.05, 0) is 26.7 Å². The molecule has 1 saturated heterocycles. The van der Waals surface area contributed by atoms with E-state index in [9.17, 15) is 13.5 Å². The van der Waals surface area contributed by atoms with Crippen molar-refractivity contribution < 1.29 is 18.3 Å². The predicted molar refractivity (Wildman–Crippen MR) is 71.9 cm³/mol. The number of aliphatic hydroxyl groups is 1. The summed E-state index contributed by atoms with van der Waals surface area (Å²) in [7, 11) is -3.56. The third kappa shape index (κ3) is 3.46. The van der Waals surface area contributed by atoms with Gasteiger partial charge in [-0.25, -0.2) is 0 Å². The van der Waals surface area contributed by atoms with E-state index in [1.54, 1.807) is 0 Å². The summed E-state index contributed by atoms with van der Waals surface area (Å²) < 4.78 is 34.6. The lowest BCUT2D eigenvalue weighted by Crippen LogP contribution is -2.58. The quantitative estimate of drug-likeness (QED) is 0.778. The molecule has 0 aromatic carbocycles. The maximum Gasteiger partial charge on any atom is 0.280 e. The van der Waals surface area contributed by atoms with Gasteiger partial charge >= 0.3 is 0 Å². The van der Waals surface area contributed by atoms with Gasteiger partial charge in [-0.15, -0.1) is 0 Å². The molecule has 19 heavy (non-hydrogen) atoms. The molecule has 112 valence electrons. The highest BCUT2D eigenvalue weighted by atomic mass is 32.2. The van der Waals surface area contributed by atoms with Gasteiger partial charge in [0.2, 0.25) is 0 Å². The Bertz CT molecular complexity index is 396. The molecular weight excluding hydrogens is 268 g/mol. The zero-order chi connectivity index (χ0) is 14.1. The van der Waals surface area contributed by atoms with Crippen LogP contribution in [0.4, 0.5) is 0 Å². The fraction of sp³-hybridized carbons (Fsp3) is 1.00. The molecule has 0 aromatic rings. The van der Waals surface area contributed by atoms with E-state index in [2.05, 4.69) is 4.72 Å². The molecule has 1 saturated carbocycles. The summed E-state index contributed by atoms with van der Waals surface area (Å²) in [6, 6.07) is 0. The zero-order valence-corrected chi connectivity index (χ0v) is 12.4. The standard InChI is InChI=1S/C12H24N2O4S/c1-10-7-14(8-11(2)18-10)19(16,17)13-12(9-15)5-3-4-6-12/h10-11,13,15H,3-9H2,1-2H3. The average molecular weight is 292 g/mol. The number of hydrogen-bond acceptors (Lipinski definition) is 4. The maximum absolute atomic E-state index is 12.4. The summed E-state index contributed by atoms with van der Waals surface area (Å²) in [5.41, 5.74) is -0.663. The molecule has 2 unspecified atom stereocenters.